The summed E-state index contributed by atoms with van der Waals surface area (Å²) in [7, 11) is 0. The topological polar surface area (TPSA) is 9.86 Å². The number of hydrogen-bond donors (Lipinski definition) is 0. The van der Waals surface area contributed by atoms with Gasteiger partial charge in [0.1, 0.15) is 0 Å². The fourth-order valence-electron chi connectivity index (χ4n) is 9.07. The molecule has 12 aromatic rings. The Morgan fingerprint density at radius 3 is 1.43 bits per heavy atom. The van der Waals surface area contributed by atoms with Crippen molar-refractivity contribution in [2.75, 3.05) is 0 Å². The Morgan fingerprint density at radius 1 is 0.389 bits per heavy atom. The molecule has 54 heavy (non-hydrogen) atoms. The van der Waals surface area contributed by atoms with Gasteiger partial charge in [-0.2, -0.15) is 0 Å². The summed E-state index contributed by atoms with van der Waals surface area (Å²) in [6.45, 7) is 5.25. The van der Waals surface area contributed by atoms with Gasteiger partial charge in [-0.05, 0) is 71.6 Å². The number of aromatic nitrogens is 2. The van der Waals surface area contributed by atoms with Gasteiger partial charge in [-0.15, -0.1) is 17.9 Å². The van der Waals surface area contributed by atoms with Crippen molar-refractivity contribution in [3.05, 3.63) is 183 Å². The predicted molar refractivity (Wildman–Crippen MR) is 236 cm³/mol. The maximum absolute atomic E-state index is 3.36. The smallest absolute Gasteiger partial charge is 0.0626 e. The van der Waals surface area contributed by atoms with Gasteiger partial charge in [-0.3, -0.25) is 0 Å². The molecular formula is C51H34N2S. The number of thiophene rings is 1. The van der Waals surface area contributed by atoms with Crippen LogP contribution in [0.15, 0.2) is 183 Å². The molecule has 0 radical (unpaired) electrons. The molecular weight excluding hydrogens is 673 g/mol. The van der Waals surface area contributed by atoms with Crippen molar-refractivity contribution in [3.8, 4) is 11.4 Å². The first-order valence-electron chi connectivity index (χ1n) is 18.5. The summed E-state index contributed by atoms with van der Waals surface area (Å²) in [5, 5.41) is 15.5. The number of benzene rings is 9. The molecule has 0 N–H and O–H groups in total. The van der Waals surface area contributed by atoms with Gasteiger partial charge in [0.2, 0.25) is 0 Å². The lowest BCUT2D eigenvalue weighted by Crippen LogP contribution is -1.96. The van der Waals surface area contributed by atoms with Gasteiger partial charge in [-0.1, -0.05) is 127 Å². The zero-order chi connectivity index (χ0) is 35.9. The maximum atomic E-state index is 3.36. The Balaban J connectivity index is 0.00000110. The first-order chi connectivity index (χ1) is 26.8. The summed E-state index contributed by atoms with van der Waals surface area (Å²) >= 11 is 1.87. The molecule has 2 nitrogen and oxygen atoms in total. The van der Waals surface area contributed by atoms with Crippen molar-refractivity contribution in [2.24, 2.45) is 0 Å². The molecule has 0 unspecified atom stereocenters. The molecule has 0 amide bonds. The molecule has 0 aliphatic carbocycles. The van der Waals surface area contributed by atoms with Crippen LogP contribution in [0.1, 0.15) is 6.92 Å². The van der Waals surface area contributed by atoms with E-state index in [1.54, 1.807) is 6.08 Å². The van der Waals surface area contributed by atoms with E-state index in [1.807, 2.05) is 18.3 Å². The molecule has 12 rings (SSSR count). The quantitative estimate of drug-likeness (QED) is 0.125. The Labute approximate surface area is 316 Å². The lowest BCUT2D eigenvalue weighted by molar-refractivity contribution is 1.19. The fourth-order valence-corrected chi connectivity index (χ4v) is 10.2. The van der Waals surface area contributed by atoms with Gasteiger partial charge < -0.3 is 9.13 Å². The number of rotatable bonds is 2. The van der Waals surface area contributed by atoms with Gasteiger partial charge in [0.25, 0.3) is 0 Å². The van der Waals surface area contributed by atoms with E-state index in [9.17, 15) is 0 Å². The minimum Gasteiger partial charge on any atom is -0.309 e. The van der Waals surface area contributed by atoms with E-state index in [0.29, 0.717) is 0 Å². The second kappa shape index (κ2) is 11.9. The van der Waals surface area contributed by atoms with Crippen LogP contribution in [0, 0.1) is 0 Å². The van der Waals surface area contributed by atoms with E-state index in [-0.39, 0.29) is 0 Å². The summed E-state index contributed by atoms with van der Waals surface area (Å²) in [4.78, 5) is 0. The molecule has 254 valence electrons. The summed E-state index contributed by atoms with van der Waals surface area (Å²) in [5.41, 5.74) is 7.30. The average molecular weight is 707 g/mol. The lowest BCUT2D eigenvalue weighted by Gasteiger charge is -2.16. The Hall–Kier alpha value is -6.68. The molecule has 0 spiro atoms. The second-order valence-electron chi connectivity index (χ2n) is 14.0. The zero-order valence-electron chi connectivity index (χ0n) is 29.8. The van der Waals surface area contributed by atoms with Gasteiger partial charge in [-0.25, -0.2) is 0 Å². The molecule has 3 heterocycles. The number of para-hydroxylation sites is 3. The molecule has 3 heteroatoms. The van der Waals surface area contributed by atoms with Crippen LogP contribution >= 0.6 is 11.3 Å². The van der Waals surface area contributed by atoms with Crippen LogP contribution in [0.5, 0.6) is 0 Å². The molecule has 0 saturated carbocycles. The summed E-state index contributed by atoms with van der Waals surface area (Å²) in [6.07, 6.45) is 1.75. The third-order valence-corrected chi connectivity index (χ3v) is 12.2. The van der Waals surface area contributed by atoms with Crippen molar-refractivity contribution in [1.29, 1.82) is 0 Å². The van der Waals surface area contributed by atoms with Crippen molar-refractivity contribution in [2.45, 2.75) is 6.92 Å². The van der Waals surface area contributed by atoms with E-state index >= 15 is 0 Å². The maximum Gasteiger partial charge on any atom is 0.0626 e. The molecule has 0 atom stereocenters. The predicted octanol–water partition coefficient (Wildman–Crippen LogP) is 14.9. The highest BCUT2D eigenvalue weighted by Gasteiger charge is 2.25. The molecule has 0 fully saturated rings. The molecule has 0 aliphatic heterocycles. The largest absolute Gasteiger partial charge is 0.309 e. The Bertz CT molecular complexity index is 3470. The standard InChI is InChI=1S/C48H28N2S.C3H6/c1-2-14-29(15-3-1)49-39-23-11-8-21-36(39)44-46-43(32-17-4-6-19-34(32)47(44)49)33-18-5-7-20-35(33)48-45(46)37-22-9-12-24-40(37)50(48)30-26-27-42-38(28-30)31-16-10-13-25-41(31)51-42;1-3-2/h1-28H;3H,1H2,2H3. The highest BCUT2D eigenvalue weighted by atomic mass is 32.1. The van der Waals surface area contributed by atoms with Crippen LogP contribution in [0.2, 0.25) is 0 Å². The molecule has 0 aliphatic rings. The van der Waals surface area contributed by atoms with Crippen molar-refractivity contribution in [1.82, 2.24) is 9.13 Å². The number of allylic oxidation sites excluding steroid dienone is 1. The monoisotopic (exact) mass is 706 g/mol. The molecule has 0 saturated heterocycles. The molecule has 9 aromatic carbocycles. The minimum atomic E-state index is 1.17. The van der Waals surface area contributed by atoms with Crippen molar-refractivity contribution >= 4 is 107 Å². The van der Waals surface area contributed by atoms with E-state index in [2.05, 4.69) is 186 Å². The number of hydrogen-bond acceptors (Lipinski definition) is 1. The van der Waals surface area contributed by atoms with Crippen LogP contribution in [0.25, 0.3) is 107 Å². The van der Waals surface area contributed by atoms with Crippen molar-refractivity contribution in [3.63, 3.8) is 0 Å². The molecule has 3 aromatic heterocycles. The highest BCUT2D eigenvalue weighted by molar-refractivity contribution is 7.25. The third-order valence-electron chi connectivity index (χ3n) is 11.0. The van der Waals surface area contributed by atoms with Crippen LogP contribution in [-0.4, -0.2) is 9.13 Å². The average Bonchev–Trinajstić information content (AvgIpc) is 3.89. The fraction of sp³-hybridized carbons (Fsp3) is 0.0196. The van der Waals surface area contributed by atoms with Crippen LogP contribution in [-0.2, 0) is 0 Å². The van der Waals surface area contributed by atoms with Gasteiger partial charge in [0.05, 0.1) is 22.1 Å². The highest BCUT2D eigenvalue weighted by Crippen LogP contribution is 2.50. The summed E-state index contributed by atoms with van der Waals surface area (Å²) < 4.78 is 7.67. The Morgan fingerprint density at radius 2 is 0.833 bits per heavy atom. The van der Waals surface area contributed by atoms with Crippen LogP contribution in [0.4, 0.5) is 0 Å². The van der Waals surface area contributed by atoms with Gasteiger partial charge in [0, 0.05) is 69.3 Å². The SMILES string of the molecule is C=CC.c1ccc(-n2c3ccccc3c3c4c(c5ccccc5c32)c2ccccc2c2c4c3ccccc3n2-c2ccc3sc4ccccc4c3c2)cc1. The van der Waals surface area contributed by atoms with Gasteiger partial charge in [0.15, 0.2) is 0 Å². The lowest BCUT2D eigenvalue weighted by atomic mass is 9.89. The number of fused-ring (bicyclic) bond motifs is 18. The third kappa shape index (κ3) is 4.22. The first-order valence-corrected chi connectivity index (χ1v) is 19.3. The van der Waals surface area contributed by atoms with Crippen molar-refractivity contribution < 1.29 is 0 Å². The zero-order valence-corrected chi connectivity index (χ0v) is 30.6. The molecule has 0 bridgehead atoms. The van der Waals surface area contributed by atoms with E-state index in [0.717, 1.165) is 0 Å². The van der Waals surface area contributed by atoms with E-state index in [4.69, 9.17) is 0 Å². The van der Waals surface area contributed by atoms with Crippen LogP contribution in [0.3, 0.4) is 0 Å². The summed E-state index contributed by atoms with van der Waals surface area (Å²) in [6, 6.07) is 62.8. The number of nitrogens with zero attached hydrogens (tertiary/aromatic N) is 2. The minimum absolute atomic E-state index is 1.17. The normalized spacial score (nSPS) is 11.9. The second-order valence-corrected chi connectivity index (χ2v) is 15.1. The van der Waals surface area contributed by atoms with Gasteiger partial charge >= 0.3 is 0 Å². The first kappa shape index (κ1) is 30.9. The van der Waals surface area contributed by atoms with Crippen LogP contribution < -0.4 is 0 Å². The Kier molecular flexibility index (Phi) is 6.82. The van der Waals surface area contributed by atoms with E-state index < -0.39 is 0 Å². The van der Waals surface area contributed by atoms with E-state index in [1.165, 1.54) is 107 Å². The summed E-state index contributed by atoms with van der Waals surface area (Å²) in [5.74, 6) is 0.